The lowest BCUT2D eigenvalue weighted by Crippen LogP contribution is -2.34. The first-order valence-corrected chi connectivity index (χ1v) is 5.40. The van der Waals surface area contributed by atoms with Gasteiger partial charge in [0.25, 0.3) is 0 Å². The van der Waals surface area contributed by atoms with Gasteiger partial charge in [0.1, 0.15) is 5.78 Å². The summed E-state index contributed by atoms with van der Waals surface area (Å²) in [4.78, 5) is 22.1. The van der Waals surface area contributed by atoms with E-state index in [1.807, 2.05) is 37.3 Å². The van der Waals surface area contributed by atoms with Crippen LogP contribution in [0.3, 0.4) is 0 Å². The van der Waals surface area contributed by atoms with E-state index >= 15 is 0 Å². The summed E-state index contributed by atoms with van der Waals surface area (Å²) < 4.78 is 0. The zero-order valence-electron chi connectivity index (χ0n) is 9.69. The number of hydrogen-bond acceptors (Lipinski definition) is 2. The highest BCUT2D eigenvalue weighted by atomic mass is 16.2. The number of hydrogen-bond donors (Lipinski definition) is 1. The fourth-order valence-corrected chi connectivity index (χ4v) is 1.57. The fourth-order valence-electron chi connectivity index (χ4n) is 1.57. The van der Waals surface area contributed by atoms with Gasteiger partial charge in [-0.2, -0.15) is 0 Å². The highest BCUT2D eigenvalue weighted by Crippen LogP contribution is 2.02. The quantitative estimate of drug-likeness (QED) is 0.766. The first-order valence-electron chi connectivity index (χ1n) is 5.40. The summed E-state index contributed by atoms with van der Waals surface area (Å²) in [5.74, 6) is -0.305. The largest absolute Gasteiger partial charge is 0.353 e. The molecule has 1 rings (SSSR count). The highest BCUT2D eigenvalue weighted by molar-refractivity contribution is 5.96. The van der Waals surface area contributed by atoms with Crippen LogP contribution >= 0.6 is 0 Å². The molecule has 0 aromatic heterocycles. The zero-order valence-corrected chi connectivity index (χ0v) is 9.69. The summed E-state index contributed by atoms with van der Waals surface area (Å²) in [6.07, 6.45) is 0.754. The Morgan fingerprint density at radius 3 is 2.44 bits per heavy atom. The molecule has 1 atom stereocenters. The molecule has 0 heterocycles. The third-order valence-electron chi connectivity index (χ3n) is 2.20. The van der Waals surface area contributed by atoms with Gasteiger partial charge in [0.05, 0.1) is 6.42 Å². The van der Waals surface area contributed by atoms with Crippen LogP contribution in [0.15, 0.2) is 30.3 Å². The molecule has 1 amide bonds. The van der Waals surface area contributed by atoms with E-state index in [9.17, 15) is 9.59 Å². The molecule has 0 fully saturated rings. The average molecular weight is 219 g/mol. The zero-order chi connectivity index (χ0) is 12.0. The lowest BCUT2D eigenvalue weighted by atomic mass is 10.1. The molecule has 0 spiro atoms. The maximum Gasteiger partial charge on any atom is 0.227 e. The molecule has 3 heteroatoms. The van der Waals surface area contributed by atoms with Crippen molar-refractivity contribution < 1.29 is 9.59 Å². The van der Waals surface area contributed by atoms with Gasteiger partial charge in [-0.05, 0) is 25.8 Å². The molecule has 86 valence electrons. The predicted molar refractivity (Wildman–Crippen MR) is 63.0 cm³/mol. The molecule has 3 nitrogen and oxygen atoms in total. The summed E-state index contributed by atoms with van der Waals surface area (Å²) in [7, 11) is 0. The molecule has 0 aliphatic carbocycles. The molecule has 0 saturated heterocycles. The molecule has 16 heavy (non-hydrogen) atoms. The van der Waals surface area contributed by atoms with Crippen molar-refractivity contribution in [3.63, 3.8) is 0 Å². The molecular formula is C13H17NO2. The summed E-state index contributed by atoms with van der Waals surface area (Å²) in [6.45, 7) is 3.35. The van der Waals surface area contributed by atoms with Gasteiger partial charge < -0.3 is 5.32 Å². The van der Waals surface area contributed by atoms with E-state index in [1.165, 1.54) is 12.5 Å². The average Bonchev–Trinajstić information content (AvgIpc) is 2.17. The van der Waals surface area contributed by atoms with Gasteiger partial charge in [-0.3, -0.25) is 9.59 Å². The monoisotopic (exact) mass is 219 g/mol. The van der Waals surface area contributed by atoms with E-state index in [-0.39, 0.29) is 24.2 Å². The molecule has 0 aliphatic rings. The number of rotatable bonds is 5. The highest BCUT2D eigenvalue weighted by Gasteiger charge is 2.09. The smallest absolute Gasteiger partial charge is 0.227 e. The molecule has 1 N–H and O–H groups in total. The van der Waals surface area contributed by atoms with Crippen LogP contribution < -0.4 is 5.32 Å². The number of amides is 1. The van der Waals surface area contributed by atoms with Crippen LogP contribution in [0.2, 0.25) is 0 Å². The standard InChI is InChI=1S/C13H17NO2/c1-10(14-13(16)9-11(2)15)8-12-6-4-3-5-7-12/h3-7,10H,8-9H2,1-2H3,(H,14,16). The molecule has 0 radical (unpaired) electrons. The van der Waals surface area contributed by atoms with Crippen molar-refractivity contribution in [1.29, 1.82) is 0 Å². The van der Waals surface area contributed by atoms with Crippen molar-refractivity contribution in [1.82, 2.24) is 5.32 Å². The minimum absolute atomic E-state index is 0.0286. The Hall–Kier alpha value is -1.64. The second kappa shape index (κ2) is 6.05. The number of ketones is 1. The maximum atomic E-state index is 11.3. The normalized spacial score (nSPS) is 11.9. The second-order valence-electron chi connectivity index (χ2n) is 4.04. The fraction of sp³-hybridized carbons (Fsp3) is 0.385. The number of benzene rings is 1. The van der Waals surface area contributed by atoms with E-state index in [0.29, 0.717) is 0 Å². The van der Waals surface area contributed by atoms with Crippen LogP contribution in [0.5, 0.6) is 0 Å². The Balaban J connectivity index is 2.39. The Labute approximate surface area is 95.9 Å². The minimum atomic E-state index is -0.198. The Morgan fingerprint density at radius 1 is 1.25 bits per heavy atom. The van der Waals surface area contributed by atoms with Gasteiger partial charge in [0, 0.05) is 6.04 Å². The van der Waals surface area contributed by atoms with Crippen molar-refractivity contribution in [2.45, 2.75) is 32.7 Å². The van der Waals surface area contributed by atoms with Crippen LogP contribution in [0.4, 0.5) is 0 Å². The Kier molecular flexibility index (Phi) is 4.70. The summed E-state index contributed by atoms with van der Waals surface area (Å²) in [5, 5.41) is 2.80. The Bertz CT molecular complexity index is 359. The second-order valence-corrected chi connectivity index (χ2v) is 4.04. The van der Waals surface area contributed by atoms with Crippen molar-refractivity contribution >= 4 is 11.7 Å². The molecular weight excluding hydrogens is 202 g/mol. The van der Waals surface area contributed by atoms with Crippen molar-refractivity contribution in [2.75, 3.05) is 0 Å². The summed E-state index contributed by atoms with van der Waals surface area (Å²) in [6, 6.07) is 10.00. The maximum absolute atomic E-state index is 11.3. The lowest BCUT2D eigenvalue weighted by molar-refractivity contribution is -0.127. The van der Waals surface area contributed by atoms with E-state index in [1.54, 1.807) is 0 Å². The van der Waals surface area contributed by atoms with Crippen molar-refractivity contribution in [3.05, 3.63) is 35.9 Å². The summed E-state index contributed by atoms with van der Waals surface area (Å²) in [5.41, 5.74) is 1.18. The lowest BCUT2D eigenvalue weighted by Gasteiger charge is -2.13. The molecule has 0 aliphatic heterocycles. The molecule has 0 saturated carbocycles. The van der Waals surface area contributed by atoms with E-state index in [4.69, 9.17) is 0 Å². The van der Waals surface area contributed by atoms with Crippen LogP contribution in [-0.4, -0.2) is 17.7 Å². The first-order chi connectivity index (χ1) is 7.58. The van der Waals surface area contributed by atoms with Gasteiger partial charge >= 0.3 is 0 Å². The molecule has 1 aromatic carbocycles. The predicted octanol–water partition coefficient (Wildman–Crippen LogP) is 1.71. The molecule has 1 unspecified atom stereocenters. The van der Waals surface area contributed by atoms with Crippen LogP contribution in [0.25, 0.3) is 0 Å². The van der Waals surface area contributed by atoms with Gasteiger partial charge in [0.2, 0.25) is 5.91 Å². The number of carbonyl (C=O) groups is 2. The van der Waals surface area contributed by atoms with Gasteiger partial charge in [-0.1, -0.05) is 30.3 Å². The van der Waals surface area contributed by atoms with Crippen molar-refractivity contribution in [2.24, 2.45) is 0 Å². The van der Waals surface area contributed by atoms with E-state index < -0.39 is 0 Å². The summed E-state index contributed by atoms with van der Waals surface area (Å²) >= 11 is 0. The van der Waals surface area contributed by atoms with Crippen LogP contribution in [0, 0.1) is 0 Å². The minimum Gasteiger partial charge on any atom is -0.353 e. The first kappa shape index (κ1) is 12.4. The number of carbonyl (C=O) groups excluding carboxylic acids is 2. The van der Waals surface area contributed by atoms with E-state index in [0.717, 1.165) is 6.42 Å². The SMILES string of the molecule is CC(=O)CC(=O)NC(C)Cc1ccccc1. The molecule has 0 bridgehead atoms. The van der Waals surface area contributed by atoms with Gasteiger partial charge in [-0.15, -0.1) is 0 Å². The third-order valence-corrected chi connectivity index (χ3v) is 2.20. The Morgan fingerprint density at radius 2 is 1.88 bits per heavy atom. The van der Waals surface area contributed by atoms with Crippen LogP contribution in [0.1, 0.15) is 25.8 Å². The third kappa shape index (κ3) is 4.73. The van der Waals surface area contributed by atoms with E-state index in [2.05, 4.69) is 5.32 Å². The molecule has 1 aromatic rings. The van der Waals surface area contributed by atoms with Crippen LogP contribution in [-0.2, 0) is 16.0 Å². The van der Waals surface area contributed by atoms with Crippen molar-refractivity contribution in [3.8, 4) is 0 Å². The number of Topliss-reactive ketones (excluding diaryl/α,β-unsaturated/α-hetero) is 1. The van der Waals surface area contributed by atoms with Gasteiger partial charge in [-0.25, -0.2) is 0 Å². The topological polar surface area (TPSA) is 46.2 Å². The van der Waals surface area contributed by atoms with Gasteiger partial charge in [0.15, 0.2) is 0 Å². The number of nitrogens with one attached hydrogen (secondary N) is 1.